The van der Waals surface area contributed by atoms with Crippen molar-refractivity contribution in [3.8, 4) is 0 Å². The average Bonchev–Trinajstić information content (AvgIpc) is 2.51. The Labute approximate surface area is 134 Å². The van der Waals surface area contributed by atoms with Gasteiger partial charge < -0.3 is 4.74 Å². The number of esters is 1. The number of carbonyl (C=O) groups excluding carboxylic acids is 1. The minimum absolute atomic E-state index is 0.0249. The lowest BCUT2D eigenvalue weighted by molar-refractivity contribution is -0.143. The van der Waals surface area contributed by atoms with E-state index in [1.54, 1.807) is 0 Å². The molecule has 0 aromatic carbocycles. The Bertz CT molecular complexity index is 473. The molecule has 8 heteroatoms. The molecular weight excluding hydrogens is 365 g/mol. The van der Waals surface area contributed by atoms with Crippen LogP contribution in [0, 0.1) is 5.92 Å². The zero-order valence-corrected chi connectivity index (χ0v) is 13.2. The maximum absolute atomic E-state index is 11.8. The first-order chi connectivity index (χ1) is 8.14. The molecule has 0 N–H and O–H groups in total. The SMILES string of the molecule is C=COC(=O)C1CC2(Cl)C(Cl)=C(Cl)C1(Cl)C2(Cl)Cl. The van der Waals surface area contributed by atoms with Crippen molar-refractivity contribution >= 4 is 75.6 Å². The summed E-state index contributed by atoms with van der Waals surface area (Å²) < 4.78 is 3.00. The lowest BCUT2D eigenvalue weighted by Crippen LogP contribution is -2.45. The molecule has 0 radical (unpaired) electrons. The highest BCUT2D eigenvalue weighted by molar-refractivity contribution is 6.65. The number of alkyl halides is 4. The van der Waals surface area contributed by atoms with Crippen molar-refractivity contribution in [1.82, 2.24) is 0 Å². The van der Waals surface area contributed by atoms with Gasteiger partial charge in [-0.25, -0.2) is 0 Å². The van der Waals surface area contributed by atoms with Crippen LogP contribution in [0.15, 0.2) is 22.9 Å². The van der Waals surface area contributed by atoms with E-state index in [2.05, 4.69) is 6.58 Å². The van der Waals surface area contributed by atoms with Gasteiger partial charge in [0, 0.05) is 0 Å². The van der Waals surface area contributed by atoms with Crippen molar-refractivity contribution in [3.05, 3.63) is 22.9 Å². The summed E-state index contributed by atoms with van der Waals surface area (Å²) in [4.78, 5) is 8.84. The van der Waals surface area contributed by atoms with E-state index < -0.39 is 26.0 Å². The van der Waals surface area contributed by atoms with E-state index in [0.717, 1.165) is 6.26 Å². The molecule has 3 unspecified atom stereocenters. The van der Waals surface area contributed by atoms with E-state index in [-0.39, 0.29) is 16.5 Å². The second-order valence-corrected chi connectivity index (χ2v) is 7.40. The van der Waals surface area contributed by atoms with Gasteiger partial charge in [-0.1, -0.05) is 53.0 Å². The van der Waals surface area contributed by atoms with E-state index in [0.29, 0.717) is 0 Å². The second kappa shape index (κ2) is 4.34. The van der Waals surface area contributed by atoms with Crippen molar-refractivity contribution < 1.29 is 9.53 Å². The highest BCUT2D eigenvalue weighted by atomic mass is 35.5. The fourth-order valence-corrected chi connectivity index (χ4v) is 5.08. The van der Waals surface area contributed by atoms with Gasteiger partial charge >= 0.3 is 5.97 Å². The first-order valence-corrected chi connectivity index (χ1v) is 7.04. The summed E-state index contributed by atoms with van der Waals surface area (Å²) in [7, 11) is 0. The highest BCUT2D eigenvalue weighted by Gasteiger charge is 2.80. The first-order valence-electron chi connectivity index (χ1n) is 4.78. The van der Waals surface area contributed by atoms with E-state index in [9.17, 15) is 4.79 Å². The van der Waals surface area contributed by atoms with Gasteiger partial charge in [0.2, 0.25) is 0 Å². The molecule has 0 aliphatic heterocycles. The standard InChI is InChI=1S/C10H6Cl6O2/c1-2-18-7(17)4-3-8(13)5(11)6(12)9(4,14)10(8,15)16/h2,4H,1,3H2. The molecular formula is C10H6Cl6O2. The number of halogens is 6. The van der Waals surface area contributed by atoms with Crippen LogP contribution >= 0.6 is 69.6 Å². The third-order valence-electron chi connectivity index (χ3n) is 3.26. The minimum Gasteiger partial charge on any atom is -0.435 e. The molecule has 2 bridgehead atoms. The number of hydrogen-bond acceptors (Lipinski definition) is 2. The van der Waals surface area contributed by atoms with Crippen LogP contribution in [0.5, 0.6) is 0 Å². The molecule has 0 aromatic heterocycles. The van der Waals surface area contributed by atoms with Crippen LogP contribution in [0.1, 0.15) is 6.42 Å². The normalized spacial score (nSPS) is 41.1. The molecule has 0 amide bonds. The van der Waals surface area contributed by atoms with Gasteiger partial charge in [0.15, 0.2) is 4.33 Å². The molecule has 3 atom stereocenters. The number of carbonyl (C=O) groups is 1. The summed E-state index contributed by atoms with van der Waals surface area (Å²) in [6.07, 6.45) is 1.02. The summed E-state index contributed by atoms with van der Waals surface area (Å²) in [5.74, 6) is -1.56. The number of ether oxygens (including phenoxy) is 1. The molecule has 1 saturated carbocycles. The van der Waals surface area contributed by atoms with Gasteiger partial charge in [0.1, 0.15) is 9.75 Å². The Kier molecular flexibility index (Phi) is 3.64. The zero-order valence-electron chi connectivity index (χ0n) is 8.65. The Hall–Kier alpha value is 0.690. The number of allylic oxidation sites excluding steroid dienone is 2. The van der Waals surface area contributed by atoms with E-state index in [4.69, 9.17) is 74.3 Å². The van der Waals surface area contributed by atoms with Crippen molar-refractivity contribution in [2.24, 2.45) is 5.92 Å². The fraction of sp³-hybridized carbons (Fsp3) is 0.500. The van der Waals surface area contributed by atoms with Gasteiger partial charge in [0.05, 0.1) is 22.2 Å². The molecule has 1 fully saturated rings. The van der Waals surface area contributed by atoms with Crippen LogP contribution in [-0.2, 0) is 9.53 Å². The van der Waals surface area contributed by atoms with Crippen LogP contribution in [0.3, 0.4) is 0 Å². The van der Waals surface area contributed by atoms with Gasteiger partial charge in [0.25, 0.3) is 0 Å². The van der Waals surface area contributed by atoms with Gasteiger partial charge in [-0.15, -0.1) is 23.2 Å². The topological polar surface area (TPSA) is 26.3 Å². The number of rotatable bonds is 2. The Morgan fingerprint density at radius 2 is 1.83 bits per heavy atom. The molecule has 0 spiro atoms. The summed E-state index contributed by atoms with van der Waals surface area (Å²) in [5, 5.41) is 0.0385. The predicted molar refractivity (Wildman–Crippen MR) is 74.7 cm³/mol. The van der Waals surface area contributed by atoms with E-state index in [1.165, 1.54) is 0 Å². The van der Waals surface area contributed by atoms with Crippen LogP contribution in [0.2, 0.25) is 0 Å². The molecule has 2 aliphatic rings. The maximum Gasteiger partial charge on any atom is 0.316 e. The van der Waals surface area contributed by atoms with Gasteiger partial charge in [-0.3, -0.25) is 4.79 Å². The third-order valence-corrected chi connectivity index (χ3v) is 7.54. The van der Waals surface area contributed by atoms with Crippen LogP contribution in [-0.4, -0.2) is 20.1 Å². The van der Waals surface area contributed by atoms with Gasteiger partial charge in [-0.2, -0.15) is 0 Å². The zero-order chi connectivity index (χ0) is 13.9. The van der Waals surface area contributed by atoms with Crippen molar-refractivity contribution in [2.75, 3.05) is 0 Å². The molecule has 2 nitrogen and oxygen atoms in total. The first kappa shape index (κ1) is 15.1. The Morgan fingerprint density at radius 3 is 2.22 bits per heavy atom. The van der Waals surface area contributed by atoms with Crippen molar-refractivity contribution in [1.29, 1.82) is 0 Å². The quantitative estimate of drug-likeness (QED) is 0.405. The number of hydrogen-bond donors (Lipinski definition) is 0. The smallest absolute Gasteiger partial charge is 0.316 e. The van der Waals surface area contributed by atoms with Gasteiger partial charge in [-0.05, 0) is 6.42 Å². The Balaban J connectivity index is 2.56. The maximum atomic E-state index is 11.8. The summed E-state index contributed by atoms with van der Waals surface area (Å²) in [6, 6.07) is 0. The summed E-state index contributed by atoms with van der Waals surface area (Å²) in [5.41, 5.74) is 0. The largest absolute Gasteiger partial charge is 0.435 e. The predicted octanol–water partition coefficient (Wildman–Crippen LogP) is 4.52. The molecule has 0 aromatic rings. The average molecular weight is 371 g/mol. The van der Waals surface area contributed by atoms with Crippen LogP contribution in [0.4, 0.5) is 0 Å². The lowest BCUT2D eigenvalue weighted by Gasteiger charge is -2.32. The molecule has 18 heavy (non-hydrogen) atoms. The molecule has 2 rings (SSSR count). The monoisotopic (exact) mass is 368 g/mol. The molecule has 0 heterocycles. The summed E-state index contributed by atoms with van der Waals surface area (Å²) >= 11 is 37.1. The highest BCUT2D eigenvalue weighted by Crippen LogP contribution is 2.74. The lowest BCUT2D eigenvalue weighted by atomic mass is 9.92. The second-order valence-electron chi connectivity index (χ2n) is 4.08. The van der Waals surface area contributed by atoms with E-state index in [1.807, 2.05) is 0 Å². The number of fused-ring (bicyclic) bond motifs is 2. The molecule has 2 aliphatic carbocycles. The van der Waals surface area contributed by atoms with Crippen molar-refractivity contribution in [2.45, 2.75) is 20.5 Å². The summed E-state index contributed by atoms with van der Waals surface area (Å²) in [6.45, 7) is 3.29. The molecule has 100 valence electrons. The molecule has 0 saturated heterocycles. The Morgan fingerprint density at radius 1 is 1.28 bits per heavy atom. The van der Waals surface area contributed by atoms with Crippen LogP contribution < -0.4 is 0 Å². The van der Waals surface area contributed by atoms with Crippen LogP contribution in [0.25, 0.3) is 0 Å². The fourth-order valence-electron chi connectivity index (χ4n) is 2.32. The third kappa shape index (κ3) is 1.48. The van der Waals surface area contributed by atoms with E-state index >= 15 is 0 Å². The van der Waals surface area contributed by atoms with Crippen molar-refractivity contribution in [3.63, 3.8) is 0 Å². The minimum atomic E-state index is -1.71.